The zero-order valence-corrected chi connectivity index (χ0v) is 18.9. The molecule has 0 saturated carbocycles. The van der Waals surface area contributed by atoms with E-state index in [1.165, 1.54) is 0 Å². The minimum Gasteiger partial charge on any atom is -0.486 e. The normalized spacial score (nSPS) is 15.2. The van der Waals surface area contributed by atoms with Crippen LogP contribution in [0, 0.1) is 0 Å². The van der Waals surface area contributed by atoms with E-state index in [2.05, 4.69) is 20.0 Å². The van der Waals surface area contributed by atoms with E-state index in [4.69, 9.17) is 32.7 Å². The van der Waals surface area contributed by atoms with Crippen LogP contribution in [0.3, 0.4) is 0 Å². The molecular weight excluding hydrogens is 449 g/mol. The van der Waals surface area contributed by atoms with Gasteiger partial charge in [-0.2, -0.15) is 5.10 Å². The summed E-state index contributed by atoms with van der Waals surface area (Å²) in [5.41, 5.74) is 2.57. The molecule has 0 bridgehead atoms. The van der Waals surface area contributed by atoms with Gasteiger partial charge in [0.25, 0.3) is 0 Å². The maximum atomic E-state index is 6.26. The van der Waals surface area contributed by atoms with Gasteiger partial charge >= 0.3 is 0 Å². The number of ether oxygens (including phenoxy) is 2. The lowest BCUT2D eigenvalue weighted by molar-refractivity contribution is 0.122. The van der Waals surface area contributed by atoms with Gasteiger partial charge in [-0.25, -0.2) is 9.67 Å². The molecule has 0 radical (unpaired) electrons. The Labute approximate surface area is 195 Å². The molecule has 0 amide bonds. The Hall–Kier alpha value is -2.87. The average molecular weight is 470 g/mol. The molecule has 1 unspecified atom stereocenters. The molecule has 0 spiro atoms. The maximum Gasteiger partial charge on any atom is 0.128 e. The monoisotopic (exact) mass is 469 g/mol. The van der Waals surface area contributed by atoms with Gasteiger partial charge in [0.2, 0.25) is 0 Å². The molecule has 4 aromatic rings. The minimum atomic E-state index is -0.331. The topological polar surface area (TPSA) is 65.3 Å². The lowest BCUT2D eigenvalue weighted by Gasteiger charge is -2.27. The van der Waals surface area contributed by atoms with Crippen LogP contribution in [-0.4, -0.2) is 46.1 Å². The number of pyridine rings is 2. The van der Waals surface area contributed by atoms with Gasteiger partial charge in [-0.1, -0.05) is 23.2 Å². The van der Waals surface area contributed by atoms with E-state index < -0.39 is 0 Å². The summed E-state index contributed by atoms with van der Waals surface area (Å²) in [6.07, 6.45) is 6.46. The lowest BCUT2D eigenvalue weighted by atomic mass is 10.1. The predicted octanol–water partition coefficient (Wildman–Crippen LogP) is 5.10. The number of hydrogen-bond acceptors (Lipinski definition) is 6. The molecule has 5 rings (SSSR count). The highest BCUT2D eigenvalue weighted by Gasteiger charge is 2.17. The average Bonchev–Trinajstić information content (AvgIpc) is 3.23. The SMILES string of the molecule is CC(Oc1ccc2c(cnn2-c2ccc(N3CCOCC3)nc2)c1)c1c(Cl)cncc1Cl. The number of benzene rings is 1. The maximum absolute atomic E-state index is 6.26. The zero-order valence-electron chi connectivity index (χ0n) is 17.4. The summed E-state index contributed by atoms with van der Waals surface area (Å²) in [7, 11) is 0. The number of fused-ring (bicyclic) bond motifs is 1. The molecule has 1 fully saturated rings. The highest BCUT2D eigenvalue weighted by Crippen LogP contribution is 2.33. The fourth-order valence-corrected chi connectivity index (χ4v) is 4.52. The first-order valence-corrected chi connectivity index (χ1v) is 11.1. The van der Waals surface area contributed by atoms with Crippen molar-refractivity contribution < 1.29 is 9.47 Å². The van der Waals surface area contributed by atoms with Gasteiger partial charge in [-0.15, -0.1) is 0 Å². The third-order valence-corrected chi connectivity index (χ3v) is 6.06. The van der Waals surface area contributed by atoms with Crippen LogP contribution in [0.2, 0.25) is 10.0 Å². The second kappa shape index (κ2) is 8.94. The second-order valence-electron chi connectivity index (χ2n) is 7.53. The van der Waals surface area contributed by atoms with Gasteiger partial charge in [0.15, 0.2) is 0 Å². The molecule has 1 atom stereocenters. The van der Waals surface area contributed by atoms with Gasteiger partial charge < -0.3 is 14.4 Å². The van der Waals surface area contributed by atoms with Crippen molar-refractivity contribution in [2.24, 2.45) is 0 Å². The molecule has 1 aliphatic heterocycles. The molecule has 0 N–H and O–H groups in total. The van der Waals surface area contributed by atoms with Crippen molar-refractivity contribution in [2.45, 2.75) is 13.0 Å². The van der Waals surface area contributed by atoms with E-state index in [1.807, 2.05) is 54.3 Å². The van der Waals surface area contributed by atoms with Crippen molar-refractivity contribution in [3.05, 3.63) is 70.7 Å². The molecule has 1 saturated heterocycles. The Morgan fingerprint density at radius 2 is 1.78 bits per heavy atom. The third-order valence-electron chi connectivity index (χ3n) is 5.46. The van der Waals surface area contributed by atoms with Gasteiger partial charge in [-0.05, 0) is 37.3 Å². The largest absolute Gasteiger partial charge is 0.486 e. The van der Waals surface area contributed by atoms with Crippen molar-refractivity contribution in [1.82, 2.24) is 19.7 Å². The molecule has 1 aromatic carbocycles. The van der Waals surface area contributed by atoms with Gasteiger partial charge in [-0.3, -0.25) is 4.98 Å². The quantitative estimate of drug-likeness (QED) is 0.405. The first-order valence-electron chi connectivity index (χ1n) is 10.3. The molecule has 1 aliphatic rings. The van der Waals surface area contributed by atoms with Crippen LogP contribution in [0.4, 0.5) is 5.82 Å². The van der Waals surface area contributed by atoms with E-state index in [0.29, 0.717) is 21.4 Å². The molecule has 4 heterocycles. The van der Waals surface area contributed by atoms with Crippen molar-refractivity contribution in [3.8, 4) is 11.4 Å². The standard InChI is InChI=1S/C23H21Cl2N5O2/c1-15(23-19(24)13-26-14-20(23)25)32-18-3-4-21-16(10-18)11-28-30(21)17-2-5-22(27-12-17)29-6-8-31-9-7-29/h2-5,10-15H,6-9H2,1H3. The molecule has 164 valence electrons. The van der Waals surface area contributed by atoms with Crippen LogP contribution in [0.25, 0.3) is 16.6 Å². The van der Waals surface area contributed by atoms with E-state index in [9.17, 15) is 0 Å². The van der Waals surface area contributed by atoms with E-state index in [1.54, 1.807) is 12.4 Å². The Morgan fingerprint density at radius 3 is 2.50 bits per heavy atom. The van der Waals surface area contributed by atoms with Gasteiger partial charge in [0, 0.05) is 36.4 Å². The summed E-state index contributed by atoms with van der Waals surface area (Å²) in [5.74, 6) is 1.65. The summed E-state index contributed by atoms with van der Waals surface area (Å²) in [6, 6.07) is 9.90. The van der Waals surface area contributed by atoms with Crippen molar-refractivity contribution >= 4 is 39.9 Å². The highest BCUT2D eigenvalue weighted by molar-refractivity contribution is 6.35. The summed E-state index contributed by atoms with van der Waals surface area (Å²) < 4.78 is 13.4. The molecule has 7 nitrogen and oxygen atoms in total. The van der Waals surface area contributed by atoms with Crippen LogP contribution >= 0.6 is 23.2 Å². The third kappa shape index (κ3) is 4.11. The fraction of sp³-hybridized carbons (Fsp3) is 0.261. The van der Waals surface area contributed by atoms with Crippen LogP contribution in [0.15, 0.2) is 55.1 Å². The minimum absolute atomic E-state index is 0.331. The van der Waals surface area contributed by atoms with Crippen LogP contribution in [0.5, 0.6) is 5.75 Å². The molecule has 3 aromatic heterocycles. The van der Waals surface area contributed by atoms with E-state index >= 15 is 0 Å². The highest BCUT2D eigenvalue weighted by atomic mass is 35.5. The van der Waals surface area contributed by atoms with E-state index in [0.717, 1.165) is 48.7 Å². The predicted molar refractivity (Wildman–Crippen MR) is 125 cm³/mol. The summed E-state index contributed by atoms with van der Waals surface area (Å²) in [4.78, 5) is 10.8. The molecular formula is C23H21Cl2N5O2. The Balaban J connectivity index is 1.37. The first-order chi connectivity index (χ1) is 15.6. The summed E-state index contributed by atoms with van der Waals surface area (Å²) >= 11 is 12.5. The number of halogens is 2. The van der Waals surface area contributed by atoms with Gasteiger partial charge in [0.05, 0.1) is 46.9 Å². The molecule has 0 aliphatic carbocycles. The van der Waals surface area contributed by atoms with E-state index in [-0.39, 0.29) is 6.10 Å². The van der Waals surface area contributed by atoms with Gasteiger partial charge in [0.1, 0.15) is 17.7 Å². The Kier molecular flexibility index (Phi) is 5.87. The van der Waals surface area contributed by atoms with Crippen molar-refractivity contribution in [2.75, 3.05) is 31.2 Å². The van der Waals surface area contributed by atoms with Crippen LogP contribution in [-0.2, 0) is 4.74 Å². The summed E-state index contributed by atoms with van der Waals surface area (Å²) in [6.45, 7) is 5.08. The number of anilines is 1. The van der Waals surface area contributed by atoms with Crippen molar-refractivity contribution in [1.29, 1.82) is 0 Å². The number of rotatable bonds is 5. The number of morpholine rings is 1. The number of hydrogen-bond donors (Lipinski definition) is 0. The molecule has 32 heavy (non-hydrogen) atoms. The Morgan fingerprint density at radius 1 is 1.00 bits per heavy atom. The molecule has 9 heteroatoms. The summed E-state index contributed by atoms with van der Waals surface area (Å²) in [5, 5.41) is 6.47. The fourth-order valence-electron chi connectivity index (χ4n) is 3.85. The van der Waals surface area contributed by atoms with Crippen LogP contribution < -0.4 is 9.64 Å². The number of aromatic nitrogens is 4. The lowest BCUT2D eigenvalue weighted by Crippen LogP contribution is -2.36. The first kappa shape index (κ1) is 21.0. The van der Waals surface area contributed by atoms with Crippen LogP contribution in [0.1, 0.15) is 18.6 Å². The number of nitrogens with zero attached hydrogens (tertiary/aromatic N) is 5. The van der Waals surface area contributed by atoms with Crippen molar-refractivity contribution in [3.63, 3.8) is 0 Å². The second-order valence-corrected chi connectivity index (χ2v) is 8.34. The smallest absolute Gasteiger partial charge is 0.128 e. The Bertz CT molecular complexity index is 1220. The zero-order chi connectivity index (χ0) is 22.1.